The van der Waals surface area contributed by atoms with Gasteiger partial charge in [0.1, 0.15) is 36.3 Å². The molecule has 0 bridgehead atoms. The standard InChI is InChI=1S/C27H40O11/c1-25-7-5-13(37-24-21(33)19(31)20(32)22(38-24)23(34)35)9-12(25)3-4-14-15-6-8-27(36,17(30)11-28)26(15,2)10-16(29)18(14)25/h12-15,18-22,24,28,31-33,36H,3-11H2,1-2H3,(H,34,35)/t12-,13-,14+,15+,18-,19+,20+,21-,22+,24-,25+,26+,27+/m1/s1. The molecule has 0 spiro atoms. The first kappa shape index (κ1) is 28.1. The van der Waals surface area contributed by atoms with E-state index in [9.17, 15) is 45.0 Å². The number of aliphatic hydroxyl groups excluding tert-OH is 4. The van der Waals surface area contributed by atoms with Gasteiger partial charge in [0.05, 0.1) is 6.10 Å². The summed E-state index contributed by atoms with van der Waals surface area (Å²) >= 11 is 0. The smallest absolute Gasteiger partial charge is 0.335 e. The number of carbonyl (C=O) groups is 3. The minimum Gasteiger partial charge on any atom is -0.479 e. The summed E-state index contributed by atoms with van der Waals surface area (Å²) in [6.45, 7) is 3.22. The van der Waals surface area contributed by atoms with Gasteiger partial charge >= 0.3 is 5.97 Å². The quantitative estimate of drug-likeness (QED) is 0.253. The van der Waals surface area contributed by atoms with Gasteiger partial charge in [-0.25, -0.2) is 4.79 Å². The van der Waals surface area contributed by atoms with Crippen LogP contribution in [0.3, 0.4) is 0 Å². The zero-order valence-corrected chi connectivity index (χ0v) is 21.9. The molecular formula is C27H40O11. The SMILES string of the molecule is C[C@]12CC[C@@H](O[C@@H]3O[C@H](C(=O)O)[C@@H](O)[C@H](O)[C@H]3O)C[C@H]1CC[C@@H]1[C@@H]2C(=O)C[C@@]2(C)[C@H]1CC[C@]2(O)C(=O)CO. The van der Waals surface area contributed by atoms with E-state index in [2.05, 4.69) is 6.92 Å². The van der Waals surface area contributed by atoms with Crippen LogP contribution in [0.2, 0.25) is 0 Å². The highest BCUT2D eigenvalue weighted by Gasteiger charge is 2.69. The van der Waals surface area contributed by atoms with Gasteiger partial charge in [0.15, 0.2) is 18.2 Å². The van der Waals surface area contributed by atoms with Crippen molar-refractivity contribution in [3.8, 4) is 0 Å². The highest BCUT2D eigenvalue weighted by atomic mass is 16.7. The summed E-state index contributed by atoms with van der Waals surface area (Å²) in [6, 6.07) is 0. The van der Waals surface area contributed by atoms with E-state index in [-0.39, 0.29) is 53.8 Å². The van der Waals surface area contributed by atoms with Crippen LogP contribution in [0.4, 0.5) is 0 Å². The molecule has 5 aliphatic rings. The summed E-state index contributed by atoms with van der Waals surface area (Å²) in [5.41, 5.74) is -2.90. The predicted octanol–water partition coefficient (Wildman–Crippen LogP) is -0.222. The monoisotopic (exact) mass is 540 g/mol. The van der Waals surface area contributed by atoms with Crippen LogP contribution in [0.15, 0.2) is 0 Å². The molecule has 0 aromatic heterocycles. The van der Waals surface area contributed by atoms with E-state index >= 15 is 0 Å². The van der Waals surface area contributed by atoms with Gasteiger partial charge < -0.3 is 40.1 Å². The zero-order chi connectivity index (χ0) is 27.8. The number of aliphatic hydroxyl groups is 5. The van der Waals surface area contributed by atoms with Gasteiger partial charge in [-0.15, -0.1) is 0 Å². The van der Waals surface area contributed by atoms with Crippen LogP contribution in [0, 0.1) is 34.5 Å². The number of carbonyl (C=O) groups excluding carboxylic acids is 2. The first-order valence-corrected chi connectivity index (χ1v) is 13.8. The molecular weight excluding hydrogens is 500 g/mol. The maximum atomic E-state index is 13.8. The van der Waals surface area contributed by atoms with Gasteiger partial charge in [0.25, 0.3) is 0 Å². The van der Waals surface area contributed by atoms with Crippen molar-refractivity contribution in [2.45, 2.75) is 108 Å². The molecule has 6 N–H and O–H groups in total. The van der Waals surface area contributed by atoms with Crippen LogP contribution < -0.4 is 0 Å². The molecule has 5 fully saturated rings. The molecule has 5 rings (SSSR count). The average molecular weight is 541 g/mol. The summed E-state index contributed by atoms with van der Waals surface area (Å²) in [4.78, 5) is 37.8. The van der Waals surface area contributed by atoms with Gasteiger partial charge in [0, 0.05) is 17.8 Å². The molecule has 11 nitrogen and oxygen atoms in total. The lowest BCUT2D eigenvalue weighted by atomic mass is 9.44. The van der Waals surface area contributed by atoms with Gasteiger partial charge in [0.2, 0.25) is 0 Å². The first-order chi connectivity index (χ1) is 17.8. The minimum atomic E-state index is -1.78. The van der Waals surface area contributed by atoms with Gasteiger partial charge in [-0.1, -0.05) is 13.8 Å². The molecule has 13 atom stereocenters. The van der Waals surface area contributed by atoms with E-state index in [1.165, 1.54) is 0 Å². The average Bonchev–Trinajstić information content (AvgIpc) is 3.14. The van der Waals surface area contributed by atoms with Crippen LogP contribution in [0.5, 0.6) is 0 Å². The second-order valence-corrected chi connectivity index (χ2v) is 12.8. The number of ketones is 2. The Balaban J connectivity index is 1.31. The maximum Gasteiger partial charge on any atom is 0.335 e. The van der Waals surface area contributed by atoms with Crippen LogP contribution in [-0.2, 0) is 23.9 Å². The highest BCUT2D eigenvalue weighted by Crippen LogP contribution is 2.67. The van der Waals surface area contributed by atoms with Crippen LogP contribution in [0.1, 0.15) is 65.2 Å². The third-order valence-electron chi connectivity index (χ3n) is 11.2. The molecule has 38 heavy (non-hydrogen) atoms. The summed E-state index contributed by atoms with van der Waals surface area (Å²) < 4.78 is 11.3. The van der Waals surface area contributed by atoms with Crippen molar-refractivity contribution in [1.82, 2.24) is 0 Å². The number of rotatable bonds is 5. The van der Waals surface area contributed by atoms with E-state index in [0.717, 1.165) is 12.8 Å². The molecule has 11 heteroatoms. The lowest BCUT2D eigenvalue weighted by molar-refractivity contribution is -0.309. The number of hydrogen-bond donors (Lipinski definition) is 6. The topological polar surface area (TPSA) is 191 Å². The Morgan fingerprint density at radius 3 is 2.39 bits per heavy atom. The molecule has 1 aliphatic heterocycles. The molecule has 0 aromatic carbocycles. The van der Waals surface area contributed by atoms with Crippen LogP contribution in [-0.4, -0.2) is 97.2 Å². The molecule has 1 heterocycles. The largest absolute Gasteiger partial charge is 0.479 e. The first-order valence-electron chi connectivity index (χ1n) is 13.8. The molecule has 214 valence electrons. The van der Waals surface area contributed by atoms with Crippen molar-refractivity contribution in [2.75, 3.05) is 6.61 Å². The summed E-state index contributed by atoms with van der Waals surface area (Å²) in [7, 11) is 0. The van der Waals surface area contributed by atoms with Crippen molar-refractivity contribution in [3.05, 3.63) is 0 Å². The summed E-state index contributed by atoms with van der Waals surface area (Å²) in [5.74, 6) is -2.06. The lowest BCUT2D eigenvalue weighted by Crippen LogP contribution is -2.63. The number of carboxylic acids is 1. The van der Waals surface area contributed by atoms with Crippen molar-refractivity contribution >= 4 is 17.5 Å². The van der Waals surface area contributed by atoms with E-state index in [4.69, 9.17) is 9.47 Å². The second-order valence-electron chi connectivity index (χ2n) is 12.8. The Morgan fingerprint density at radius 1 is 1.03 bits per heavy atom. The van der Waals surface area contributed by atoms with E-state index < -0.39 is 60.1 Å². The molecule has 0 amide bonds. The fraction of sp³-hybridized carbons (Fsp3) is 0.889. The van der Waals surface area contributed by atoms with Crippen molar-refractivity contribution < 1.29 is 54.5 Å². The van der Waals surface area contributed by atoms with Gasteiger partial charge in [-0.2, -0.15) is 0 Å². The Kier molecular flexibility index (Phi) is 7.07. The lowest BCUT2D eigenvalue weighted by Gasteiger charge is -2.60. The van der Waals surface area contributed by atoms with Crippen LogP contribution >= 0.6 is 0 Å². The third-order valence-corrected chi connectivity index (χ3v) is 11.2. The van der Waals surface area contributed by atoms with E-state index in [1.54, 1.807) is 0 Å². The van der Waals surface area contributed by atoms with E-state index in [0.29, 0.717) is 25.7 Å². The zero-order valence-electron chi connectivity index (χ0n) is 21.9. The fourth-order valence-electron chi connectivity index (χ4n) is 9.10. The Hall–Kier alpha value is -1.47. The summed E-state index contributed by atoms with van der Waals surface area (Å²) in [6.07, 6.45) is -4.28. The predicted molar refractivity (Wildman–Crippen MR) is 128 cm³/mol. The molecule has 1 saturated heterocycles. The second kappa shape index (κ2) is 9.57. The van der Waals surface area contributed by atoms with Crippen molar-refractivity contribution in [3.63, 3.8) is 0 Å². The molecule has 0 unspecified atom stereocenters. The number of fused-ring (bicyclic) bond motifs is 5. The van der Waals surface area contributed by atoms with Gasteiger partial charge in [-0.05, 0) is 68.1 Å². The van der Waals surface area contributed by atoms with Gasteiger partial charge in [-0.3, -0.25) is 9.59 Å². The third kappa shape index (κ3) is 3.92. The number of Topliss-reactive ketones (excluding diaryl/α,β-unsaturated/α-hetero) is 2. The summed E-state index contributed by atoms with van der Waals surface area (Å²) in [5, 5.41) is 60.6. The molecule has 4 saturated carbocycles. The van der Waals surface area contributed by atoms with Crippen molar-refractivity contribution in [1.29, 1.82) is 0 Å². The number of hydrogen-bond acceptors (Lipinski definition) is 10. The minimum absolute atomic E-state index is 0.00380. The Bertz CT molecular complexity index is 986. The number of carboxylic acid groups (broad SMARTS) is 1. The molecule has 0 aromatic rings. The fourth-order valence-corrected chi connectivity index (χ4v) is 9.10. The normalized spacial score (nSPS) is 52.6. The Morgan fingerprint density at radius 2 is 1.74 bits per heavy atom. The number of aliphatic carboxylic acids is 1. The number of ether oxygens (including phenoxy) is 2. The van der Waals surface area contributed by atoms with E-state index in [1.807, 2.05) is 6.92 Å². The Labute approximate surface area is 221 Å². The van der Waals surface area contributed by atoms with Crippen LogP contribution in [0.25, 0.3) is 0 Å². The van der Waals surface area contributed by atoms with Crippen molar-refractivity contribution in [2.24, 2.45) is 34.5 Å². The maximum absolute atomic E-state index is 13.8. The highest BCUT2D eigenvalue weighted by molar-refractivity contribution is 5.92. The molecule has 4 aliphatic carbocycles. The molecule has 0 radical (unpaired) electrons.